The molecule has 2 N–H and O–H groups in total. The normalized spacial score (nSPS) is 15.5. The molecular formula is C17H22N2O3. The Bertz CT molecular complexity index is 529. The summed E-state index contributed by atoms with van der Waals surface area (Å²) in [4.78, 5) is 24.7. The molecule has 0 spiro atoms. The summed E-state index contributed by atoms with van der Waals surface area (Å²) in [6, 6.07) is 7.17. The topological polar surface area (TPSA) is 72.6 Å². The molecule has 0 unspecified atom stereocenters. The maximum absolute atomic E-state index is 12.1. The standard InChI is InChI=1S/C17H22N2O3/c18-16(20)13-22-15-8-5-14(6-9-15)7-10-17(21)19-11-3-1-2-4-12-19/h5-10H,1-4,11-13H2,(H2,18,20)/b10-7-. The fourth-order valence-corrected chi connectivity index (χ4v) is 2.39. The number of hydrogen-bond acceptors (Lipinski definition) is 3. The molecule has 1 fully saturated rings. The summed E-state index contributed by atoms with van der Waals surface area (Å²) in [5.41, 5.74) is 5.93. The van der Waals surface area contributed by atoms with Crippen LogP contribution >= 0.6 is 0 Å². The van der Waals surface area contributed by atoms with Crippen LogP contribution in [0.1, 0.15) is 31.2 Å². The fraction of sp³-hybridized carbons (Fsp3) is 0.412. The molecule has 22 heavy (non-hydrogen) atoms. The smallest absolute Gasteiger partial charge is 0.255 e. The molecule has 0 radical (unpaired) electrons. The van der Waals surface area contributed by atoms with Crippen LogP contribution in [0.4, 0.5) is 0 Å². The van der Waals surface area contributed by atoms with Crippen LogP contribution in [0.15, 0.2) is 30.3 Å². The summed E-state index contributed by atoms with van der Waals surface area (Å²) in [6.07, 6.45) is 8.01. The molecule has 1 aromatic carbocycles. The van der Waals surface area contributed by atoms with Gasteiger partial charge in [0.15, 0.2) is 6.61 Å². The van der Waals surface area contributed by atoms with Gasteiger partial charge >= 0.3 is 0 Å². The first-order valence-electron chi connectivity index (χ1n) is 7.63. The van der Waals surface area contributed by atoms with Gasteiger partial charge in [-0.3, -0.25) is 9.59 Å². The van der Waals surface area contributed by atoms with Crippen molar-refractivity contribution < 1.29 is 14.3 Å². The zero-order valence-electron chi connectivity index (χ0n) is 12.7. The van der Waals surface area contributed by atoms with Gasteiger partial charge in [-0.05, 0) is 36.6 Å². The van der Waals surface area contributed by atoms with E-state index in [0.717, 1.165) is 31.5 Å². The molecule has 118 valence electrons. The zero-order chi connectivity index (χ0) is 15.8. The largest absolute Gasteiger partial charge is 0.484 e. The van der Waals surface area contributed by atoms with E-state index in [1.165, 1.54) is 12.8 Å². The lowest BCUT2D eigenvalue weighted by Crippen LogP contribution is -2.30. The van der Waals surface area contributed by atoms with Gasteiger partial charge in [0.05, 0.1) is 0 Å². The van der Waals surface area contributed by atoms with E-state index in [0.29, 0.717) is 5.75 Å². The molecule has 5 nitrogen and oxygen atoms in total. The molecule has 1 aliphatic rings. The molecule has 1 aliphatic heterocycles. The summed E-state index contributed by atoms with van der Waals surface area (Å²) in [7, 11) is 0. The van der Waals surface area contributed by atoms with Crippen LogP contribution in [-0.2, 0) is 9.59 Å². The first kappa shape index (κ1) is 16.1. The van der Waals surface area contributed by atoms with Crippen molar-refractivity contribution in [3.8, 4) is 5.75 Å². The molecule has 0 atom stereocenters. The Morgan fingerprint density at radius 3 is 2.32 bits per heavy atom. The minimum Gasteiger partial charge on any atom is -0.484 e. The number of likely N-dealkylation sites (tertiary alicyclic amines) is 1. The van der Waals surface area contributed by atoms with Crippen molar-refractivity contribution in [2.24, 2.45) is 5.73 Å². The number of primary amides is 1. The van der Waals surface area contributed by atoms with E-state index in [9.17, 15) is 9.59 Å². The number of hydrogen-bond donors (Lipinski definition) is 1. The Hall–Kier alpha value is -2.30. The third-order valence-corrected chi connectivity index (χ3v) is 3.60. The van der Waals surface area contributed by atoms with Crippen LogP contribution in [0.5, 0.6) is 5.75 Å². The second kappa shape index (κ2) is 8.22. The van der Waals surface area contributed by atoms with Crippen LogP contribution < -0.4 is 10.5 Å². The number of carbonyl (C=O) groups excluding carboxylic acids is 2. The minimum absolute atomic E-state index is 0.0657. The molecule has 5 heteroatoms. The minimum atomic E-state index is -0.507. The number of nitrogens with two attached hydrogens (primary N) is 1. The van der Waals surface area contributed by atoms with Crippen LogP contribution in [0, 0.1) is 0 Å². The number of nitrogens with zero attached hydrogens (tertiary/aromatic N) is 1. The van der Waals surface area contributed by atoms with E-state index in [-0.39, 0.29) is 12.5 Å². The maximum atomic E-state index is 12.1. The quantitative estimate of drug-likeness (QED) is 0.845. The lowest BCUT2D eigenvalue weighted by molar-refractivity contribution is -0.126. The SMILES string of the molecule is NC(=O)COc1ccc(/C=C\C(=O)N2CCCCCC2)cc1. The van der Waals surface area contributed by atoms with Crippen molar-refractivity contribution in [1.29, 1.82) is 0 Å². The highest BCUT2D eigenvalue weighted by Crippen LogP contribution is 2.14. The van der Waals surface area contributed by atoms with E-state index in [2.05, 4.69) is 0 Å². The third-order valence-electron chi connectivity index (χ3n) is 3.60. The van der Waals surface area contributed by atoms with Crippen LogP contribution in [0.25, 0.3) is 6.08 Å². The number of carbonyl (C=O) groups is 2. The van der Waals surface area contributed by atoms with Crippen LogP contribution in [0.2, 0.25) is 0 Å². The van der Waals surface area contributed by atoms with Crippen LogP contribution in [-0.4, -0.2) is 36.4 Å². The Kier molecular flexibility index (Phi) is 6.01. The highest BCUT2D eigenvalue weighted by Gasteiger charge is 2.12. The van der Waals surface area contributed by atoms with Crippen molar-refractivity contribution >= 4 is 17.9 Å². The van der Waals surface area contributed by atoms with E-state index in [4.69, 9.17) is 10.5 Å². The molecule has 0 saturated carbocycles. The lowest BCUT2D eigenvalue weighted by Gasteiger charge is -2.17. The predicted octanol–water partition coefficient (Wildman–Crippen LogP) is 1.97. The number of amides is 2. The van der Waals surface area contributed by atoms with Crippen molar-refractivity contribution in [3.63, 3.8) is 0 Å². The highest BCUT2D eigenvalue weighted by atomic mass is 16.5. The van der Waals surface area contributed by atoms with Crippen LogP contribution in [0.3, 0.4) is 0 Å². The number of rotatable bonds is 5. The van der Waals surface area contributed by atoms with Gasteiger partial charge in [-0.15, -0.1) is 0 Å². The van der Waals surface area contributed by atoms with Crippen molar-refractivity contribution in [1.82, 2.24) is 4.90 Å². The second-order valence-electron chi connectivity index (χ2n) is 5.40. The van der Waals surface area contributed by atoms with Gasteiger partial charge in [-0.1, -0.05) is 25.0 Å². The molecular weight excluding hydrogens is 280 g/mol. The fourth-order valence-electron chi connectivity index (χ4n) is 2.39. The number of ether oxygens (including phenoxy) is 1. The first-order chi connectivity index (χ1) is 10.6. The maximum Gasteiger partial charge on any atom is 0.255 e. The van der Waals surface area contributed by atoms with Gasteiger partial charge in [0.25, 0.3) is 5.91 Å². The average molecular weight is 302 g/mol. The summed E-state index contributed by atoms with van der Waals surface area (Å²) in [5.74, 6) is 0.137. The Morgan fingerprint density at radius 2 is 1.73 bits per heavy atom. The summed E-state index contributed by atoms with van der Waals surface area (Å²) in [5, 5.41) is 0. The Labute approximate surface area is 130 Å². The summed E-state index contributed by atoms with van der Waals surface area (Å²) < 4.78 is 5.18. The Balaban J connectivity index is 1.88. The van der Waals surface area contributed by atoms with E-state index in [1.54, 1.807) is 24.3 Å². The second-order valence-corrected chi connectivity index (χ2v) is 5.40. The zero-order valence-corrected chi connectivity index (χ0v) is 12.7. The van der Waals surface area contributed by atoms with Crippen molar-refractivity contribution in [3.05, 3.63) is 35.9 Å². The first-order valence-corrected chi connectivity index (χ1v) is 7.63. The van der Waals surface area contributed by atoms with E-state index < -0.39 is 5.91 Å². The molecule has 1 heterocycles. The van der Waals surface area contributed by atoms with Gasteiger partial charge in [0.1, 0.15) is 5.75 Å². The van der Waals surface area contributed by atoms with Crippen molar-refractivity contribution in [2.45, 2.75) is 25.7 Å². The highest BCUT2D eigenvalue weighted by molar-refractivity contribution is 5.91. The van der Waals surface area contributed by atoms with E-state index in [1.807, 2.05) is 17.0 Å². The molecule has 0 bridgehead atoms. The van der Waals surface area contributed by atoms with Gasteiger partial charge in [-0.25, -0.2) is 0 Å². The van der Waals surface area contributed by atoms with Gasteiger partial charge in [0.2, 0.25) is 5.91 Å². The summed E-state index contributed by atoms with van der Waals surface area (Å²) in [6.45, 7) is 1.56. The molecule has 1 saturated heterocycles. The predicted molar refractivity (Wildman–Crippen MR) is 85.2 cm³/mol. The molecule has 0 aliphatic carbocycles. The monoisotopic (exact) mass is 302 g/mol. The molecule has 2 rings (SSSR count). The average Bonchev–Trinajstić information content (AvgIpc) is 2.81. The molecule has 0 aromatic heterocycles. The van der Waals surface area contributed by atoms with Gasteiger partial charge in [0, 0.05) is 19.2 Å². The van der Waals surface area contributed by atoms with Crippen molar-refractivity contribution in [2.75, 3.05) is 19.7 Å². The Morgan fingerprint density at radius 1 is 1.09 bits per heavy atom. The van der Waals surface area contributed by atoms with Gasteiger partial charge in [-0.2, -0.15) is 0 Å². The van der Waals surface area contributed by atoms with Gasteiger partial charge < -0.3 is 15.4 Å². The number of benzene rings is 1. The lowest BCUT2D eigenvalue weighted by atomic mass is 10.2. The summed E-state index contributed by atoms with van der Waals surface area (Å²) >= 11 is 0. The van der Waals surface area contributed by atoms with E-state index >= 15 is 0 Å². The molecule has 2 amide bonds. The molecule has 1 aromatic rings. The third kappa shape index (κ3) is 5.24.